The van der Waals surface area contributed by atoms with Crippen molar-refractivity contribution in [2.24, 2.45) is 0 Å². The highest BCUT2D eigenvalue weighted by atomic mass is 32.2. The Kier molecular flexibility index (Phi) is 7.19. The molecule has 24 heavy (non-hydrogen) atoms. The molecule has 2 rings (SSSR count). The van der Waals surface area contributed by atoms with E-state index in [9.17, 15) is 12.8 Å². The predicted molar refractivity (Wildman–Crippen MR) is 96.3 cm³/mol. The summed E-state index contributed by atoms with van der Waals surface area (Å²) in [5.74, 6) is 0.260. The molecule has 1 fully saturated rings. The highest BCUT2D eigenvalue weighted by Gasteiger charge is 2.32. The highest BCUT2D eigenvalue weighted by molar-refractivity contribution is 7.91. The van der Waals surface area contributed by atoms with Crippen LogP contribution in [-0.4, -0.2) is 61.9 Å². The lowest BCUT2D eigenvalue weighted by Gasteiger charge is -2.29. The van der Waals surface area contributed by atoms with Gasteiger partial charge in [-0.15, -0.1) is 0 Å². The van der Waals surface area contributed by atoms with E-state index < -0.39 is 9.84 Å². The van der Waals surface area contributed by atoms with Crippen molar-refractivity contribution in [2.45, 2.75) is 39.3 Å². The Bertz CT molecular complexity index is 617. The molecule has 1 heterocycles. The van der Waals surface area contributed by atoms with Crippen LogP contribution < -0.4 is 0 Å². The van der Waals surface area contributed by atoms with Crippen molar-refractivity contribution in [2.75, 3.05) is 37.7 Å². The molecule has 1 saturated heterocycles. The maximum atomic E-state index is 13.4. The number of hydrogen-bond donors (Lipinski definition) is 0. The maximum absolute atomic E-state index is 13.4. The van der Waals surface area contributed by atoms with E-state index in [1.807, 2.05) is 6.07 Å². The Morgan fingerprint density at radius 3 is 2.54 bits per heavy atom. The third kappa shape index (κ3) is 5.83. The minimum Gasteiger partial charge on any atom is -0.304 e. The van der Waals surface area contributed by atoms with E-state index in [2.05, 4.69) is 23.6 Å². The summed E-state index contributed by atoms with van der Waals surface area (Å²) >= 11 is 0. The molecule has 0 amide bonds. The van der Waals surface area contributed by atoms with E-state index in [0.29, 0.717) is 13.0 Å². The Morgan fingerprint density at radius 2 is 1.96 bits per heavy atom. The molecular weight excluding hydrogens is 327 g/mol. The van der Waals surface area contributed by atoms with Crippen LogP contribution in [0.4, 0.5) is 4.39 Å². The van der Waals surface area contributed by atoms with E-state index >= 15 is 0 Å². The largest absolute Gasteiger partial charge is 0.304 e. The van der Waals surface area contributed by atoms with E-state index in [1.54, 1.807) is 12.1 Å². The zero-order chi connectivity index (χ0) is 17.6. The Labute approximate surface area is 145 Å². The molecule has 1 aromatic rings. The number of rotatable bonds is 9. The van der Waals surface area contributed by atoms with Gasteiger partial charge in [-0.25, -0.2) is 12.8 Å². The van der Waals surface area contributed by atoms with Gasteiger partial charge in [0, 0.05) is 19.1 Å². The van der Waals surface area contributed by atoms with E-state index in [1.165, 1.54) is 6.07 Å². The van der Waals surface area contributed by atoms with Gasteiger partial charge in [-0.1, -0.05) is 26.0 Å². The van der Waals surface area contributed by atoms with Crippen molar-refractivity contribution >= 4 is 9.84 Å². The fourth-order valence-corrected chi connectivity index (χ4v) is 5.12. The number of sulfone groups is 1. The minimum atomic E-state index is -2.92. The Morgan fingerprint density at radius 1 is 1.21 bits per heavy atom. The van der Waals surface area contributed by atoms with Crippen molar-refractivity contribution < 1.29 is 12.8 Å². The van der Waals surface area contributed by atoms with Crippen molar-refractivity contribution in [3.63, 3.8) is 0 Å². The minimum absolute atomic E-state index is 0.0509. The molecule has 0 bridgehead atoms. The van der Waals surface area contributed by atoms with Crippen molar-refractivity contribution in [1.82, 2.24) is 9.80 Å². The fourth-order valence-electron chi connectivity index (χ4n) is 3.36. The summed E-state index contributed by atoms with van der Waals surface area (Å²) in [7, 11) is -2.92. The Balaban J connectivity index is 2.01. The summed E-state index contributed by atoms with van der Waals surface area (Å²) < 4.78 is 37.1. The molecule has 0 unspecified atom stereocenters. The van der Waals surface area contributed by atoms with Crippen LogP contribution >= 0.6 is 0 Å². The summed E-state index contributed by atoms with van der Waals surface area (Å²) in [4.78, 5) is 4.59. The second-order valence-corrected chi connectivity index (χ2v) is 8.77. The highest BCUT2D eigenvalue weighted by Crippen LogP contribution is 2.20. The first-order valence-electron chi connectivity index (χ1n) is 8.84. The molecule has 1 aliphatic heterocycles. The molecule has 0 aromatic heterocycles. The van der Waals surface area contributed by atoms with E-state index in [0.717, 1.165) is 38.2 Å². The first-order valence-corrected chi connectivity index (χ1v) is 10.7. The molecule has 0 N–H and O–H groups in total. The van der Waals surface area contributed by atoms with Gasteiger partial charge in [-0.2, -0.15) is 0 Å². The first kappa shape index (κ1) is 19.3. The van der Waals surface area contributed by atoms with Crippen molar-refractivity contribution in [1.29, 1.82) is 0 Å². The molecule has 6 heteroatoms. The average Bonchev–Trinajstić information content (AvgIpc) is 2.90. The molecule has 136 valence electrons. The maximum Gasteiger partial charge on any atom is 0.151 e. The number of hydrogen-bond acceptors (Lipinski definition) is 4. The molecule has 1 aromatic carbocycles. The summed E-state index contributed by atoms with van der Waals surface area (Å²) in [5.41, 5.74) is 0.905. The van der Waals surface area contributed by atoms with Crippen LogP contribution in [0, 0.1) is 5.82 Å². The van der Waals surface area contributed by atoms with Crippen LogP contribution in [0.3, 0.4) is 0 Å². The smallest absolute Gasteiger partial charge is 0.151 e. The van der Waals surface area contributed by atoms with E-state index in [-0.39, 0.29) is 23.4 Å². The van der Waals surface area contributed by atoms with Crippen LogP contribution in [0.15, 0.2) is 24.3 Å². The van der Waals surface area contributed by atoms with Crippen LogP contribution in [-0.2, 0) is 16.4 Å². The van der Waals surface area contributed by atoms with Crippen LogP contribution in [0.5, 0.6) is 0 Å². The molecular formula is C18H29FN2O2S. The summed E-state index contributed by atoms with van der Waals surface area (Å²) in [6, 6.07) is 6.65. The predicted octanol–water partition coefficient (Wildman–Crippen LogP) is 2.55. The molecule has 1 aliphatic rings. The average molecular weight is 357 g/mol. The molecule has 4 nitrogen and oxygen atoms in total. The first-order chi connectivity index (χ1) is 11.4. The standard InChI is InChI=1S/C18H29FN2O2S/c1-3-20(4-2)10-6-11-21(18-9-12-24(22,23)15-18)14-16-7-5-8-17(19)13-16/h5,7-8,13,18H,3-4,6,9-12,14-15H2,1-2H3/t18-/m0/s1. The monoisotopic (exact) mass is 356 g/mol. The zero-order valence-electron chi connectivity index (χ0n) is 14.7. The van der Waals surface area contributed by atoms with Gasteiger partial charge >= 0.3 is 0 Å². The van der Waals surface area contributed by atoms with Gasteiger partial charge in [0.05, 0.1) is 11.5 Å². The fraction of sp³-hybridized carbons (Fsp3) is 0.667. The van der Waals surface area contributed by atoms with Crippen LogP contribution in [0.25, 0.3) is 0 Å². The van der Waals surface area contributed by atoms with E-state index in [4.69, 9.17) is 0 Å². The lowest BCUT2D eigenvalue weighted by Crippen LogP contribution is -2.38. The molecule has 1 atom stereocenters. The normalized spacial score (nSPS) is 20.1. The summed E-state index contributed by atoms with van der Waals surface area (Å²) in [5, 5.41) is 0. The van der Waals surface area contributed by atoms with Gasteiger partial charge in [0.25, 0.3) is 0 Å². The van der Waals surface area contributed by atoms with Gasteiger partial charge in [-0.3, -0.25) is 4.90 Å². The topological polar surface area (TPSA) is 40.6 Å². The zero-order valence-corrected chi connectivity index (χ0v) is 15.6. The quantitative estimate of drug-likeness (QED) is 0.682. The molecule has 0 saturated carbocycles. The lowest BCUT2D eigenvalue weighted by molar-refractivity contribution is 0.186. The second kappa shape index (κ2) is 8.92. The SMILES string of the molecule is CCN(CC)CCCN(Cc1cccc(F)c1)[C@H]1CCS(=O)(=O)C1. The van der Waals surface area contributed by atoms with Gasteiger partial charge in [0.1, 0.15) is 5.82 Å². The van der Waals surface area contributed by atoms with Crippen molar-refractivity contribution in [3.05, 3.63) is 35.6 Å². The van der Waals surface area contributed by atoms with Gasteiger partial charge in [-0.05, 0) is 50.2 Å². The van der Waals surface area contributed by atoms with Crippen LogP contribution in [0.1, 0.15) is 32.3 Å². The molecule has 0 aliphatic carbocycles. The molecule has 0 radical (unpaired) electrons. The Hall–Kier alpha value is -0.980. The van der Waals surface area contributed by atoms with Gasteiger partial charge in [0.15, 0.2) is 9.84 Å². The third-order valence-electron chi connectivity index (χ3n) is 4.81. The summed E-state index contributed by atoms with van der Waals surface area (Å²) in [6.07, 6.45) is 1.68. The van der Waals surface area contributed by atoms with Gasteiger partial charge < -0.3 is 4.90 Å². The van der Waals surface area contributed by atoms with Gasteiger partial charge in [0.2, 0.25) is 0 Å². The summed E-state index contributed by atoms with van der Waals surface area (Å²) in [6.45, 7) is 8.81. The van der Waals surface area contributed by atoms with Crippen LogP contribution in [0.2, 0.25) is 0 Å². The number of halogens is 1. The lowest BCUT2D eigenvalue weighted by atomic mass is 10.1. The number of nitrogens with zero attached hydrogens (tertiary/aromatic N) is 2. The molecule has 0 spiro atoms. The van der Waals surface area contributed by atoms with Crippen molar-refractivity contribution in [3.8, 4) is 0 Å². The second-order valence-electron chi connectivity index (χ2n) is 6.54. The number of benzene rings is 1. The third-order valence-corrected chi connectivity index (χ3v) is 6.56.